The topological polar surface area (TPSA) is 70.6 Å². The number of ether oxygens (including phenoxy) is 1. The van der Waals surface area contributed by atoms with Gasteiger partial charge in [-0.2, -0.15) is 0 Å². The van der Waals surface area contributed by atoms with Gasteiger partial charge in [-0.25, -0.2) is 4.79 Å². The van der Waals surface area contributed by atoms with Gasteiger partial charge >= 0.3 is 5.97 Å². The number of rotatable bonds is 7. The summed E-state index contributed by atoms with van der Waals surface area (Å²) in [5.41, 5.74) is 2.07. The predicted octanol–water partition coefficient (Wildman–Crippen LogP) is 3.17. The van der Waals surface area contributed by atoms with Gasteiger partial charge in [0.05, 0.1) is 28.7 Å². The van der Waals surface area contributed by atoms with Crippen molar-refractivity contribution in [2.24, 2.45) is 0 Å². The Morgan fingerprint density at radius 3 is 2.83 bits per heavy atom. The lowest BCUT2D eigenvalue weighted by molar-refractivity contribution is 0.0696. The van der Waals surface area contributed by atoms with Gasteiger partial charge in [0.1, 0.15) is 5.75 Å². The number of carboxylic acid groups (broad SMARTS) is 1. The van der Waals surface area contributed by atoms with Gasteiger partial charge < -0.3 is 20.5 Å². The third-order valence-electron chi connectivity index (χ3n) is 3.84. The van der Waals surface area contributed by atoms with Crippen molar-refractivity contribution in [1.82, 2.24) is 10.6 Å². The number of hydrogen-bond acceptors (Lipinski definition) is 4. The number of nitrogens with one attached hydrogen (secondary N) is 2. The number of aromatic carboxylic acids is 1. The number of allylic oxidation sites excluding steroid dienone is 1. The first kappa shape index (κ1) is 18.1. The minimum absolute atomic E-state index is 0.174. The lowest BCUT2D eigenvalue weighted by Gasteiger charge is -2.34. The van der Waals surface area contributed by atoms with E-state index < -0.39 is 5.97 Å². The van der Waals surface area contributed by atoms with Crippen LogP contribution in [0.5, 0.6) is 5.75 Å². The van der Waals surface area contributed by atoms with Crippen molar-refractivity contribution >= 4 is 33.5 Å². The van der Waals surface area contributed by atoms with E-state index in [1.807, 2.05) is 6.20 Å². The van der Waals surface area contributed by atoms with Gasteiger partial charge in [0.2, 0.25) is 0 Å². The van der Waals surface area contributed by atoms with Gasteiger partial charge in [-0.15, -0.1) is 0 Å². The van der Waals surface area contributed by atoms with E-state index in [9.17, 15) is 9.90 Å². The SMILES string of the molecule is CC/C(=C\NC1CN[C@H]1Br)Cc1cc(C(=O)O)cc(OC)c1Cl. The highest BCUT2D eigenvalue weighted by atomic mass is 79.9. The molecule has 1 saturated heterocycles. The van der Waals surface area contributed by atoms with Crippen LogP contribution in [0.15, 0.2) is 23.9 Å². The molecule has 0 amide bonds. The summed E-state index contributed by atoms with van der Waals surface area (Å²) < 4.78 is 5.19. The molecule has 126 valence electrons. The quantitative estimate of drug-likeness (QED) is 0.482. The minimum Gasteiger partial charge on any atom is -0.495 e. The highest BCUT2D eigenvalue weighted by Gasteiger charge is 2.26. The molecule has 0 spiro atoms. The summed E-state index contributed by atoms with van der Waals surface area (Å²) >= 11 is 9.84. The van der Waals surface area contributed by atoms with Crippen LogP contribution in [0, 0.1) is 0 Å². The Hall–Kier alpha value is -1.24. The summed E-state index contributed by atoms with van der Waals surface area (Å²) in [5, 5.41) is 16.3. The van der Waals surface area contributed by atoms with Crippen LogP contribution in [0.1, 0.15) is 29.3 Å². The predicted molar refractivity (Wildman–Crippen MR) is 94.7 cm³/mol. The van der Waals surface area contributed by atoms with Gasteiger partial charge in [-0.05, 0) is 36.7 Å². The van der Waals surface area contributed by atoms with Crippen molar-refractivity contribution in [2.45, 2.75) is 30.8 Å². The second kappa shape index (κ2) is 8.04. The van der Waals surface area contributed by atoms with Crippen LogP contribution in [-0.4, -0.2) is 35.7 Å². The normalized spacial score (nSPS) is 20.8. The molecule has 1 aliphatic heterocycles. The van der Waals surface area contributed by atoms with Crippen molar-refractivity contribution in [3.05, 3.63) is 40.1 Å². The number of methoxy groups -OCH3 is 1. The van der Waals surface area contributed by atoms with Crippen LogP contribution in [-0.2, 0) is 6.42 Å². The third-order valence-corrected chi connectivity index (χ3v) is 5.23. The fraction of sp³-hybridized carbons (Fsp3) is 0.438. The maximum atomic E-state index is 11.2. The van der Waals surface area contributed by atoms with E-state index in [0.29, 0.717) is 23.2 Å². The molecule has 0 aliphatic carbocycles. The van der Waals surface area contributed by atoms with Crippen LogP contribution < -0.4 is 15.4 Å². The van der Waals surface area contributed by atoms with Gasteiger partial charge in [0.15, 0.2) is 0 Å². The lowest BCUT2D eigenvalue weighted by Crippen LogP contribution is -2.59. The Balaban J connectivity index is 2.20. The van der Waals surface area contributed by atoms with Crippen molar-refractivity contribution in [1.29, 1.82) is 0 Å². The van der Waals surface area contributed by atoms with Gasteiger partial charge in [-0.3, -0.25) is 0 Å². The van der Waals surface area contributed by atoms with Crippen LogP contribution in [0.4, 0.5) is 0 Å². The second-order valence-electron chi connectivity index (χ2n) is 5.37. The summed E-state index contributed by atoms with van der Waals surface area (Å²) in [4.78, 5) is 11.5. The molecule has 2 rings (SSSR count). The molecule has 0 saturated carbocycles. The van der Waals surface area contributed by atoms with Gasteiger partial charge in [0.25, 0.3) is 0 Å². The van der Waals surface area contributed by atoms with Crippen LogP contribution >= 0.6 is 27.5 Å². The zero-order valence-corrected chi connectivity index (χ0v) is 15.4. The highest BCUT2D eigenvalue weighted by Crippen LogP contribution is 2.31. The summed E-state index contributed by atoms with van der Waals surface area (Å²) in [6.45, 7) is 2.97. The molecule has 3 N–H and O–H groups in total. The Bertz CT molecular complexity index is 622. The maximum absolute atomic E-state index is 11.2. The molecule has 1 unspecified atom stereocenters. The first-order chi connectivity index (χ1) is 11.0. The molecule has 2 atom stereocenters. The Morgan fingerprint density at radius 1 is 1.61 bits per heavy atom. The average Bonchev–Trinajstić information content (AvgIpc) is 2.53. The van der Waals surface area contributed by atoms with Crippen molar-refractivity contribution in [3.8, 4) is 5.75 Å². The zero-order valence-electron chi connectivity index (χ0n) is 13.0. The molecular formula is C16H20BrClN2O3. The second-order valence-corrected chi connectivity index (χ2v) is 6.74. The van der Waals surface area contributed by atoms with E-state index in [-0.39, 0.29) is 10.5 Å². The summed E-state index contributed by atoms with van der Waals surface area (Å²) in [5.74, 6) is -0.613. The van der Waals surface area contributed by atoms with Crippen molar-refractivity contribution < 1.29 is 14.6 Å². The number of halogens is 2. The maximum Gasteiger partial charge on any atom is 0.335 e. The Morgan fingerprint density at radius 2 is 2.35 bits per heavy atom. The minimum atomic E-state index is -0.996. The molecule has 1 aromatic carbocycles. The molecule has 7 heteroatoms. The van der Waals surface area contributed by atoms with Gasteiger partial charge in [0, 0.05) is 6.54 Å². The Kier molecular flexibility index (Phi) is 6.33. The van der Waals surface area contributed by atoms with Crippen molar-refractivity contribution in [2.75, 3.05) is 13.7 Å². The molecule has 0 aromatic heterocycles. The Labute approximate surface area is 149 Å². The van der Waals surface area contributed by atoms with E-state index in [0.717, 1.165) is 24.1 Å². The summed E-state index contributed by atoms with van der Waals surface area (Å²) in [7, 11) is 1.48. The first-order valence-corrected chi connectivity index (χ1v) is 8.66. The molecule has 0 radical (unpaired) electrons. The molecule has 0 bridgehead atoms. The van der Waals surface area contributed by atoms with Crippen molar-refractivity contribution in [3.63, 3.8) is 0 Å². The third kappa shape index (κ3) is 4.40. The van der Waals surface area contributed by atoms with E-state index in [4.69, 9.17) is 16.3 Å². The summed E-state index contributed by atoms with van der Waals surface area (Å²) in [6.07, 6.45) is 3.42. The number of alkyl halides is 1. The molecule has 1 heterocycles. The monoisotopic (exact) mass is 402 g/mol. The number of hydrogen-bond donors (Lipinski definition) is 3. The summed E-state index contributed by atoms with van der Waals surface area (Å²) in [6, 6.07) is 3.40. The van der Waals surface area contributed by atoms with Crippen LogP contribution in [0.25, 0.3) is 0 Å². The molecule has 1 aliphatic rings. The zero-order chi connectivity index (χ0) is 17.0. The molecule has 1 aromatic rings. The van der Waals surface area contributed by atoms with Gasteiger partial charge in [-0.1, -0.05) is 40.0 Å². The average molecular weight is 404 g/mol. The van der Waals surface area contributed by atoms with E-state index in [2.05, 4.69) is 33.5 Å². The van der Waals surface area contributed by atoms with Crippen LogP contribution in [0.2, 0.25) is 5.02 Å². The van der Waals surface area contributed by atoms with E-state index in [1.165, 1.54) is 13.2 Å². The molecule has 23 heavy (non-hydrogen) atoms. The largest absolute Gasteiger partial charge is 0.495 e. The fourth-order valence-corrected chi connectivity index (χ4v) is 3.05. The van der Waals surface area contributed by atoms with E-state index >= 15 is 0 Å². The molecular weight excluding hydrogens is 384 g/mol. The number of carbonyl (C=O) groups is 1. The lowest BCUT2D eigenvalue weighted by atomic mass is 10.0. The number of carboxylic acids is 1. The molecule has 5 nitrogen and oxygen atoms in total. The highest BCUT2D eigenvalue weighted by molar-refractivity contribution is 9.09. The molecule has 1 fully saturated rings. The number of benzene rings is 1. The first-order valence-electron chi connectivity index (χ1n) is 7.37. The fourth-order valence-electron chi connectivity index (χ4n) is 2.27. The van der Waals surface area contributed by atoms with E-state index in [1.54, 1.807) is 6.07 Å². The standard InChI is InChI=1S/C16H20BrClN2O3/c1-3-9(7-19-12-8-20-15(12)17)4-10-5-11(16(21)22)6-13(23-2)14(10)18/h5-7,12,15,19-20H,3-4,8H2,1-2H3,(H,21,22)/b9-7+/t12?,15-/m1/s1. The smallest absolute Gasteiger partial charge is 0.335 e. The van der Waals surface area contributed by atoms with Crippen LogP contribution in [0.3, 0.4) is 0 Å².